The SMILES string of the molecule is Fc1cc(C(F)(F)F)cnc1-c1cc(Cl)c(Cl)c(Cl)c1. The van der Waals surface area contributed by atoms with Gasteiger partial charge in [-0.25, -0.2) is 4.39 Å². The summed E-state index contributed by atoms with van der Waals surface area (Å²) < 4.78 is 51.0. The highest BCUT2D eigenvalue weighted by molar-refractivity contribution is 6.48. The van der Waals surface area contributed by atoms with Gasteiger partial charge < -0.3 is 0 Å². The molecule has 0 radical (unpaired) electrons. The van der Waals surface area contributed by atoms with Gasteiger partial charge >= 0.3 is 6.18 Å². The molecule has 0 aliphatic rings. The number of benzene rings is 1. The molecular formula is C12H4Cl3F4N. The fourth-order valence-electron chi connectivity index (χ4n) is 1.50. The maximum atomic E-state index is 13.7. The van der Waals surface area contributed by atoms with Crippen molar-refractivity contribution in [2.75, 3.05) is 0 Å². The average Bonchev–Trinajstić information content (AvgIpc) is 2.34. The summed E-state index contributed by atoms with van der Waals surface area (Å²) in [6, 6.07) is 2.90. The van der Waals surface area contributed by atoms with Gasteiger partial charge in [-0.3, -0.25) is 4.98 Å². The Morgan fingerprint density at radius 3 is 1.95 bits per heavy atom. The molecule has 20 heavy (non-hydrogen) atoms. The van der Waals surface area contributed by atoms with Crippen LogP contribution in [0.2, 0.25) is 15.1 Å². The number of hydrogen-bond acceptors (Lipinski definition) is 1. The molecule has 0 saturated carbocycles. The molecule has 0 unspecified atom stereocenters. The van der Waals surface area contributed by atoms with Crippen LogP contribution in [0, 0.1) is 5.82 Å². The molecule has 0 fully saturated rings. The van der Waals surface area contributed by atoms with Crippen LogP contribution in [0.5, 0.6) is 0 Å². The third kappa shape index (κ3) is 3.00. The van der Waals surface area contributed by atoms with E-state index in [0.717, 1.165) is 0 Å². The fraction of sp³-hybridized carbons (Fsp3) is 0.0833. The zero-order chi connectivity index (χ0) is 15.1. The topological polar surface area (TPSA) is 12.9 Å². The Bertz CT molecular complexity index is 647. The highest BCUT2D eigenvalue weighted by Crippen LogP contribution is 2.36. The van der Waals surface area contributed by atoms with E-state index in [4.69, 9.17) is 34.8 Å². The number of nitrogens with zero attached hydrogens (tertiary/aromatic N) is 1. The number of hydrogen-bond donors (Lipinski definition) is 0. The molecule has 0 amide bonds. The van der Waals surface area contributed by atoms with Crippen molar-refractivity contribution in [2.24, 2.45) is 0 Å². The molecule has 2 rings (SSSR count). The van der Waals surface area contributed by atoms with Gasteiger partial charge in [0.1, 0.15) is 11.5 Å². The Labute approximate surface area is 126 Å². The fourth-order valence-corrected chi connectivity index (χ4v) is 2.09. The van der Waals surface area contributed by atoms with Crippen molar-refractivity contribution < 1.29 is 17.6 Å². The number of pyridine rings is 1. The van der Waals surface area contributed by atoms with Gasteiger partial charge in [0.2, 0.25) is 0 Å². The highest BCUT2D eigenvalue weighted by Gasteiger charge is 2.32. The van der Waals surface area contributed by atoms with Gasteiger partial charge in [-0.05, 0) is 18.2 Å². The second-order valence-corrected chi connectivity index (χ2v) is 5.00. The molecule has 1 heterocycles. The van der Waals surface area contributed by atoms with E-state index in [0.29, 0.717) is 12.3 Å². The van der Waals surface area contributed by atoms with Crippen LogP contribution in [-0.4, -0.2) is 4.98 Å². The molecule has 0 saturated heterocycles. The van der Waals surface area contributed by atoms with Gasteiger partial charge in [0.15, 0.2) is 0 Å². The summed E-state index contributed by atoms with van der Waals surface area (Å²) in [4.78, 5) is 3.47. The maximum Gasteiger partial charge on any atom is 0.417 e. The van der Waals surface area contributed by atoms with Crippen LogP contribution in [0.1, 0.15) is 5.56 Å². The summed E-state index contributed by atoms with van der Waals surface area (Å²) in [7, 11) is 0. The summed E-state index contributed by atoms with van der Waals surface area (Å²) in [5.41, 5.74) is -1.33. The first-order valence-corrected chi connectivity index (χ1v) is 6.21. The predicted octanol–water partition coefficient (Wildman–Crippen LogP) is 5.87. The van der Waals surface area contributed by atoms with E-state index in [1.165, 1.54) is 12.1 Å². The quantitative estimate of drug-likeness (QED) is 0.466. The molecule has 8 heteroatoms. The van der Waals surface area contributed by atoms with Crippen molar-refractivity contribution in [1.82, 2.24) is 4.98 Å². The van der Waals surface area contributed by atoms with E-state index < -0.39 is 17.6 Å². The Kier molecular flexibility index (Phi) is 4.14. The Hall–Kier alpha value is -1.04. The van der Waals surface area contributed by atoms with Crippen LogP contribution in [0.4, 0.5) is 17.6 Å². The van der Waals surface area contributed by atoms with Crippen molar-refractivity contribution >= 4 is 34.8 Å². The molecule has 1 nitrogen and oxygen atoms in total. The van der Waals surface area contributed by atoms with Gasteiger partial charge in [0.05, 0.1) is 20.6 Å². The molecule has 0 aliphatic carbocycles. The Morgan fingerprint density at radius 1 is 0.950 bits per heavy atom. The lowest BCUT2D eigenvalue weighted by molar-refractivity contribution is -0.138. The molecule has 1 aromatic heterocycles. The molecule has 0 N–H and O–H groups in total. The first-order valence-electron chi connectivity index (χ1n) is 5.08. The predicted molar refractivity (Wildman–Crippen MR) is 69.7 cm³/mol. The van der Waals surface area contributed by atoms with Crippen molar-refractivity contribution in [3.8, 4) is 11.3 Å². The second-order valence-electron chi connectivity index (χ2n) is 3.81. The van der Waals surface area contributed by atoms with Crippen LogP contribution in [0.15, 0.2) is 24.4 Å². The minimum Gasteiger partial charge on any atom is -0.253 e. The highest BCUT2D eigenvalue weighted by atomic mass is 35.5. The van der Waals surface area contributed by atoms with Crippen LogP contribution in [0.3, 0.4) is 0 Å². The zero-order valence-electron chi connectivity index (χ0n) is 9.40. The molecule has 2 aromatic rings. The summed E-state index contributed by atoms with van der Waals surface area (Å²) in [6.45, 7) is 0. The summed E-state index contributed by atoms with van der Waals surface area (Å²) in [5.74, 6) is -1.13. The van der Waals surface area contributed by atoms with Crippen molar-refractivity contribution in [3.05, 3.63) is 50.8 Å². The molecule has 0 aliphatic heterocycles. The smallest absolute Gasteiger partial charge is 0.253 e. The number of aromatic nitrogens is 1. The van der Waals surface area contributed by atoms with Crippen molar-refractivity contribution in [3.63, 3.8) is 0 Å². The number of alkyl halides is 3. The first-order chi connectivity index (χ1) is 9.20. The van der Waals surface area contributed by atoms with Crippen molar-refractivity contribution in [1.29, 1.82) is 0 Å². The van der Waals surface area contributed by atoms with E-state index in [9.17, 15) is 17.6 Å². The first kappa shape index (κ1) is 15.4. The molecule has 106 valence electrons. The average molecular weight is 345 g/mol. The maximum absolute atomic E-state index is 13.7. The van der Waals surface area contributed by atoms with E-state index in [1.54, 1.807) is 0 Å². The normalized spacial score (nSPS) is 11.8. The van der Waals surface area contributed by atoms with E-state index in [2.05, 4.69) is 4.98 Å². The van der Waals surface area contributed by atoms with Gasteiger partial charge in [0, 0.05) is 11.8 Å². The minimum atomic E-state index is -4.67. The summed E-state index contributed by atoms with van der Waals surface area (Å²) >= 11 is 17.3. The monoisotopic (exact) mass is 343 g/mol. The molecule has 0 spiro atoms. The van der Waals surface area contributed by atoms with Crippen LogP contribution >= 0.6 is 34.8 Å². The van der Waals surface area contributed by atoms with Gasteiger partial charge in [-0.2, -0.15) is 13.2 Å². The van der Waals surface area contributed by atoms with Gasteiger partial charge in [0.25, 0.3) is 0 Å². The lowest BCUT2D eigenvalue weighted by Crippen LogP contribution is -2.06. The molecular weight excluding hydrogens is 340 g/mol. The van der Waals surface area contributed by atoms with Gasteiger partial charge in [-0.1, -0.05) is 34.8 Å². The number of rotatable bonds is 1. The summed E-state index contributed by atoms with van der Waals surface area (Å²) in [6.07, 6.45) is -4.13. The van der Waals surface area contributed by atoms with Crippen LogP contribution in [0.25, 0.3) is 11.3 Å². The molecule has 0 atom stereocenters. The Balaban J connectivity index is 2.54. The van der Waals surface area contributed by atoms with Crippen LogP contribution in [-0.2, 0) is 6.18 Å². The molecule has 0 bridgehead atoms. The lowest BCUT2D eigenvalue weighted by atomic mass is 10.1. The number of halogens is 7. The second kappa shape index (κ2) is 5.39. The molecule has 1 aromatic carbocycles. The van der Waals surface area contributed by atoms with E-state index >= 15 is 0 Å². The summed E-state index contributed by atoms with van der Waals surface area (Å²) in [5, 5.41) is 0.176. The van der Waals surface area contributed by atoms with E-state index in [1.807, 2.05) is 0 Å². The zero-order valence-corrected chi connectivity index (χ0v) is 11.7. The third-order valence-corrected chi connectivity index (χ3v) is 3.62. The minimum absolute atomic E-state index is 0.0512. The standard InChI is InChI=1S/C12H4Cl3F4N/c13-7-1-5(2-8(14)10(7)15)11-9(16)3-6(4-20-11)12(17,18)19/h1-4H. The van der Waals surface area contributed by atoms with Crippen molar-refractivity contribution in [2.45, 2.75) is 6.18 Å². The van der Waals surface area contributed by atoms with Crippen LogP contribution < -0.4 is 0 Å². The lowest BCUT2D eigenvalue weighted by Gasteiger charge is -2.09. The largest absolute Gasteiger partial charge is 0.417 e. The van der Waals surface area contributed by atoms with Gasteiger partial charge in [-0.15, -0.1) is 0 Å². The third-order valence-electron chi connectivity index (χ3n) is 2.43. The Morgan fingerprint density at radius 2 is 1.50 bits per heavy atom. The van der Waals surface area contributed by atoms with E-state index in [-0.39, 0.29) is 26.3 Å².